The molecule has 1 heterocycles. The molecule has 3 aromatic rings. The van der Waals surface area contributed by atoms with Crippen LogP contribution >= 0.6 is 0 Å². The number of aromatic amines is 1. The van der Waals surface area contributed by atoms with Crippen LogP contribution in [0.15, 0.2) is 54.7 Å². The first kappa shape index (κ1) is 19.3. The number of methoxy groups -OCH3 is 1. The summed E-state index contributed by atoms with van der Waals surface area (Å²) in [6.45, 7) is 0.0575. The molecule has 0 spiro atoms. The van der Waals surface area contributed by atoms with E-state index in [1.54, 1.807) is 19.2 Å². The number of fused-ring (bicyclic) bond motifs is 1. The van der Waals surface area contributed by atoms with Crippen molar-refractivity contribution in [2.24, 2.45) is 0 Å². The number of carbonyl (C=O) groups excluding carboxylic acids is 2. The number of para-hydroxylation sites is 1. The molecular weight excluding hydrogens is 356 g/mol. The van der Waals surface area contributed by atoms with Crippen LogP contribution in [0.1, 0.15) is 18.4 Å². The molecule has 0 saturated heterocycles. The minimum absolute atomic E-state index is 0.0575. The highest BCUT2D eigenvalue weighted by atomic mass is 16.5. The van der Waals surface area contributed by atoms with Crippen molar-refractivity contribution in [3.8, 4) is 5.75 Å². The van der Waals surface area contributed by atoms with Crippen LogP contribution in [0, 0.1) is 0 Å². The second-order valence-corrected chi connectivity index (χ2v) is 6.39. The Morgan fingerprint density at radius 2 is 1.75 bits per heavy atom. The molecule has 0 aliphatic heterocycles. The number of aromatic nitrogens is 1. The zero-order chi connectivity index (χ0) is 19.8. The Morgan fingerprint density at radius 1 is 1.00 bits per heavy atom. The van der Waals surface area contributed by atoms with Gasteiger partial charge < -0.3 is 15.0 Å². The van der Waals surface area contributed by atoms with Gasteiger partial charge >= 0.3 is 0 Å². The first-order valence-corrected chi connectivity index (χ1v) is 9.16. The second-order valence-electron chi connectivity index (χ2n) is 6.39. The summed E-state index contributed by atoms with van der Waals surface area (Å²) in [6, 6.07) is 15.3. The molecule has 7 nitrogen and oxygen atoms in total. The fourth-order valence-electron chi connectivity index (χ4n) is 2.92. The number of amides is 2. The predicted molar refractivity (Wildman–Crippen MR) is 109 cm³/mol. The Labute approximate surface area is 163 Å². The number of rotatable bonds is 8. The molecular formula is C21H24N4O3. The number of benzene rings is 2. The Hall–Kier alpha value is -3.48. The fraction of sp³-hybridized carbons (Fsp3) is 0.238. The molecule has 2 aromatic carbocycles. The first-order valence-electron chi connectivity index (χ1n) is 9.16. The first-order chi connectivity index (χ1) is 13.7. The van der Waals surface area contributed by atoms with Gasteiger partial charge in [-0.2, -0.15) is 0 Å². The van der Waals surface area contributed by atoms with Crippen LogP contribution in [0.3, 0.4) is 0 Å². The minimum atomic E-state index is -0.319. The lowest BCUT2D eigenvalue weighted by molar-refractivity contribution is -0.128. The maximum Gasteiger partial charge on any atom is 0.257 e. The van der Waals surface area contributed by atoms with Crippen molar-refractivity contribution >= 4 is 28.4 Å². The average molecular weight is 380 g/mol. The number of nitrogens with one attached hydrogen (secondary N) is 4. The Balaban J connectivity index is 1.33. The van der Waals surface area contributed by atoms with Gasteiger partial charge in [-0.1, -0.05) is 18.2 Å². The van der Waals surface area contributed by atoms with Crippen molar-refractivity contribution in [3.63, 3.8) is 0 Å². The highest BCUT2D eigenvalue weighted by molar-refractivity contribution is 5.85. The summed E-state index contributed by atoms with van der Waals surface area (Å²) in [4.78, 5) is 27.0. The molecule has 0 aliphatic carbocycles. The Morgan fingerprint density at radius 3 is 2.54 bits per heavy atom. The molecule has 3 rings (SSSR count). The van der Waals surface area contributed by atoms with Gasteiger partial charge in [0.2, 0.25) is 5.91 Å². The molecule has 1 aromatic heterocycles. The van der Waals surface area contributed by atoms with Gasteiger partial charge in [0, 0.05) is 29.2 Å². The SMILES string of the molecule is COc1ccc(NCC(=O)NNC(=O)CCCc2c[nH]c3ccccc23)cc1. The lowest BCUT2D eigenvalue weighted by Crippen LogP contribution is -2.44. The Bertz CT molecular complexity index is 934. The smallest absolute Gasteiger partial charge is 0.257 e. The fourth-order valence-corrected chi connectivity index (χ4v) is 2.92. The van der Waals surface area contributed by atoms with Crippen LogP contribution < -0.4 is 20.9 Å². The average Bonchev–Trinajstić information content (AvgIpc) is 3.14. The molecule has 7 heteroatoms. The van der Waals surface area contributed by atoms with Gasteiger partial charge in [0.25, 0.3) is 5.91 Å². The molecule has 0 saturated carbocycles. The largest absolute Gasteiger partial charge is 0.497 e. The van der Waals surface area contributed by atoms with Gasteiger partial charge in [-0.05, 0) is 48.7 Å². The van der Waals surface area contributed by atoms with Crippen LogP contribution in [-0.2, 0) is 16.0 Å². The van der Waals surface area contributed by atoms with E-state index in [-0.39, 0.29) is 18.4 Å². The third-order valence-corrected chi connectivity index (χ3v) is 4.41. The van der Waals surface area contributed by atoms with E-state index in [4.69, 9.17) is 4.74 Å². The monoisotopic (exact) mass is 380 g/mol. The highest BCUT2D eigenvalue weighted by Gasteiger charge is 2.07. The third kappa shape index (κ3) is 5.26. The summed E-state index contributed by atoms with van der Waals surface area (Å²) in [6.07, 6.45) is 3.82. The number of hydrogen-bond donors (Lipinski definition) is 4. The van der Waals surface area contributed by atoms with Crippen molar-refractivity contribution in [1.82, 2.24) is 15.8 Å². The summed E-state index contributed by atoms with van der Waals surface area (Å²) in [5.41, 5.74) is 7.94. The summed E-state index contributed by atoms with van der Waals surface area (Å²) in [7, 11) is 1.60. The zero-order valence-electron chi connectivity index (χ0n) is 15.7. The lowest BCUT2D eigenvalue weighted by atomic mass is 10.1. The number of anilines is 1. The molecule has 146 valence electrons. The molecule has 0 aliphatic rings. The van der Waals surface area contributed by atoms with E-state index in [0.29, 0.717) is 12.8 Å². The second kappa shape index (κ2) is 9.45. The van der Waals surface area contributed by atoms with E-state index < -0.39 is 0 Å². The zero-order valence-corrected chi connectivity index (χ0v) is 15.7. The van der Waals surface area contributed by atoms with Crippen molar-refractivity contribution < 1.29 is 14.3 Å². The summed E-state index contributed by atoms with van der Waals surface area (Å²) >= 11 is 0. The predicted octanol–water partition coefficient (Wildman–Crippen LogP) is 2.76. The van der Waals surface area contributed by atoms with E-state index in [1.807, 2.05) is 36.5 Å². The molecule has 0 fully saturated rings. The van der Waals surface area contributed by atoms with Gasteiger partial charge in [-0.25, -0.2) is 0 Å². The van der Waals surface area contributed by atoms with Gasteiger partial charge in [0.15, 0.2) is 0 Å². The van der Waals surface area contributed by atoms with Gasteiger partial charge in [-0.15, -0.1) is 0 Å². The van der Waals surface area contributed by atoms with E-state index in [2.05, 4.69) is 27.2 Å². The number of aryl methyl sites for hydroxylation is 1. The number of hydrogen-bond acceptors (Lipinski definition) is 4. The minimum Gasteiger partial charge on any atom is -0.497 e. The quantitative estimate of drug-likeness (QED) is 0.452. The van der Waals surface area contributed by atoms with Crippen molar-refractivity contribution in [3.05, 3.63) is 60.3 Å². The third-order valence-electron chi connectivity index (χ3n) is 4.41. The normalized spacial score (nSPS) is 10.5. The molecule has 2 amide bonds. The maximum atomic E-state index is 11.9. The standard InChI is InChI=1S/C21H24N4O3/c1-28-17-11-9-16(10-12-17)22-14-21(27)25-24-20(26)8-4-5-15-13-23-19-7-3-2-6-18(15)19/h2-3,6-7,9-13,22-23H,4-5,8,14H2,1H3,(H,24,26)(H,25,27). The highest BCUT2D eigenvalue weighted by Crippen LogP contribution is 2.19. The van der Waals surface area contributed by atoms with E-state index in [9.17, 15) is 9.59 Å². The molecule has 0 bridgehead atoms. The summed E-state index contributed by atoms with van der Waals surface area (Å²) in [5.74, 6) is 0.216. The van der Waals surface area contributed by atoms with Gasteiger partial charge in [0.05, 0.1) is 13.7 Å². The van der Waals surface area contributed by atoms with Crippen molar-refractivity contribution in [1.29, 1.82) is 0 Å². The lowest BCUT2D eigenvalue weighted by Gasteiger charge is -2.09. The maximum absolute atomic E-state index is 11.9. The topological polar surface area (TPSA) is 95.2 Å². The van der Waals surface area contributed by atoms with Crippen LogP contribution in [0.5, 0.6) is 5.75 Å². The molecule has 4 N–H and O–H groups in total. The van der Waals surface area contributed by atoms with Gasteiger partial charge in [0.1, 0.15) is 5.75 Å². The van der Waals surface area contributed by atoms with Crippen LogP contribution in [0.25, 0.3) is 10.9 Å². The molecule has 0 radical (unpaired) electrons. The van der Waals surface area contributed by atoms with Crippen LogP contribution in [0.2, 0.25) is 0 Å². The van der Waals surface area contributed by atoms with E-state index >= 15 is 0 Å². The van der Waals surface area contributed by atoms with Gasteiger partial charge in [-0.3, -0.25) is 20.4 Å². The summed E-state index contributed by atoms with van der Waals surface area (Å²) < 4.78 is 5.08. The molecule has 0 atom stereocenters. The van der Waals surface area contributed by atoms with Crippen molar-refractivity contribution in [2.75, 3.05) is 19.0 Å². The Kier molecular flexibility index (Phi) is 6.51. The van der Waals surface area contributed by atoms with E-state index in [1.165, 1.54) is 10.9 Å². The molecule has 0 unspecified atom stereocenters. The number of hydrazine groups is 1. The van der Waals surface area contributed by atoms with Crippen LogP contribution in [-0.4, -0.2) is 30.5 Å². The number of ether oxygens (including phenoxy) is 1. The number of carbonyl (C=O) groups is 2. The molecule has 28 heavy (non-hydrogen) atoms. The summed E-state index contributed by atoms with van der Waals surface area (Å²) in [5, 5.41) is 4.16. The van der Waals surface area contributed by atoms with E-state index in [0.717, 1.165) is 23.4 Å². The van der Waals surface area contributed by atoms with Crippen LogP contribution in [0.4, 0.5) is 5.69 Å². The van der Waals surface area contributed by atoms with Crippen molar-refractivity contribution in [2.45, 2.75) is 19.3 Å². The number of H-pyrrole nitrogens is 1.